The molecule has 4 bridgehead atoms. The Kier molecular flexibility index (Phi) is 8.90. The Morgan fingerprint density at radius 2 is 1.77 bits per heavy atom. The largest absolute Gasteiger partial charge is 0.475 e. The second-order valence-electron chi connectivity index (χ2n) is 13.6. The van der Waals surface area contributed by atoms with E-state index >= 15 is 0 Å². The number of anilines is 1. The zero-order valence-electron chi connectivity index (χ0n) is 27.7. The molecule has 2 fully saturated rings. The van der Waals surface area contributed by atoms with Crippen LogP contribution in [0.25, 0.3) is 11.3 Å². The number of amides is 2. The van der Waals surface area contributed by atoms with E-state index in [1.54, 1.807) is 23.1 Å². The first kappa shape index (κ1) is 32.7. The lowest BCUT2D eigenvalue weighted by atomic mass is 9.59. The van der Waals surface area contributed by atoms with Gasteiger partial charge < -0.3 is 19.3 Å². The summed E-state index contributed by atoms with van der Waals surface area (Å²) in [6.45, 7) is 9.63. The number of sulfonamides is 1. The number of nitrogens with zero attached hydrogens (tertiary/aromatic N) is 4. The summed E-state index contributed by atoms with van der Waals surface area (Å²) >= 11 is 0. The molecule has 0 radical (unpaired) electrons. The number of aromatic nitrogens is 2. The van der Waals surface area contributed by atoms with Gasteiger partial charge in [0.1, 0.15) is 6.61 Å². The van der Waals surface area contributed by atoms with Crippen LogP contribution in [0.15, 0.2) is 53.4 Å². The number of carbonyl (C=O) groups is 2. The fourth-order valence-electron chi connectivity index (χ4n) is 7.47. The molecule has 0 unspecified atom stereocenters. The van der Waals surface area contributed by atoms with Crippen LogP contribution in [0.3, 0.4) is 0 Å². The van der Waals surface area contributed by atoms with Crippen LogP contribution in [0.1, 0.15) is 68.9 Å². The number of carbonyl (C=O) groups excluding carboxylic acids is 2. The zero-order chi connectivity index (χ0) is 33.5. The smallest absolute Gasteiger partial charge is 0.409 e. The van der Waals surface area contributed by atoms with Gasteiger partial charge in [0.25, 0.3) is 15.9 Å². The van der Waals surface area contributed by atoms with Gasteiger partial charge in [-0.3, -0.25) is 4.79 Å². The molecule has 3 aliphatic rings. The first-order valence-electron chi connectivity index (χ1n) is 16.2. The van der Waals surface area contributed by atoms with Crippen LogP contribution in [0.5, 0.6) is 5.88 Å². The standard InChI is InChI=1S/C35H43N5O6S.H2/c1-22(2)16-26-21-46-30-18-29(31-23(3)8-6-9-24(31)4)36-33(37-30)38-47(43,44)28-11-7-10-25(17-28)32(41)40(26)27-19-35(20-27)12-14-39(15-13-35)34(42)45-5;/h6-11,17-18,22,26-27H,12-16,19-21H2,1-5H3,(H,36,37,38);1H/t26-;/m0./s1. The van der Waals surface area contributed by atoms with Gasteiger partial charge in [0.2, 0.25) is 11.8 Å². The lowest BCUT2D eigenvalue weighted by Gasteiger charge is -2.56. The van der Waals surface area contributed by atoms with E-state index in [1.807, 2.05) is 36.9 Å². The minimum Gasteiger partial charge on any atom is -0.475 e. The third kappa shape index (κ3) is 6.65. The van der Waals surface area contributed by atoms with Crippen molar-refractivity contribution in [2.45, 2.75) is 76.8 Å². The molecule has 12 heteroatoms. The Morgan fingerprint density at radius 3 is 2.43 bits per heavy atom. The van der Waals surface area contributed by atoms with Crippen molar-refractivity contribution >= 4 is 28.0 Å². The van der Waals surface area contributed by atoms with Crippen LogP contribution in [0.4, 0.5) is 10.7 Å². The highest BCUT2D eigenvalue weighted by Gasteiger charge is 2.51. The summed E-state index contributed by atoms with van der Waals surface area (Å²) in [5.41, 5.74) is 3.72. The van der Waals surface area contributed by atoms with Crippen molar-refractivity contribution in [3.63, 3.8) is 0 Å². The molecule has 1 aliphatic carbocycles. The number of piperidine rings is 1. The van der Waals surface area contributed by atoms with Gasteiger partial charge >= 0.3 is 6.09 Å². The number of likely N-dealkylation sites (tertiary alicyclic amines) is 1. The van der Waals surface area contributed by atoms with Crippen molar-refractivity contribution in [3.05, 3.63) is 65.2 Å². The molecule has 1 atom stereocenters. The van der Waals surface area contributed by atoms with Crippen LogP contribution in [-0.4, -0.2) is 79.1 Å². The summed E-state index contributed by atoms with van der Waals surface area (Å²) in [5, 5.41) is 0. The third-order valence-electron chi connectivity index (χ3n) is 9.84. The first-order chi connectivity index (χ1) is 22.4. The number of methoxy groups -OCH3 is 1. The second kappa shape index (κ2) is 12.8. The number of rotatable bonds is 4. The second-order valence-corrected chi connectivity index (χ2v) is 15.3. The van der Waals surface area contributed by atoms with Gasteiger partial charge in [-0.2, -0.15) is 4.98 Å². The van der Waals surface area contributed by atoms with E-state index in [9.17, 15) is 18.0 Å². The number of hydrogen-bond acceptors (Lipinski definition) is 8. The van der Waals surface area contributed by atoms with Gasteiger partial charge in [-0.15, -0.1) is 0 Å². The van der Waals surface area contributed by atoms with Crippen molar-refractivity contribution in [2.75, 3.05) is 31.5 Å². The highest BCUT2D eigenvalue weighted by molar-refractivity contribution is 7.92. The SMILES string of the molecule is COC(=O)N1CCC2(CC1)CC(N1C(=O)c3cccc(c3)S(=O)(=O)Nc3nc(cc(-c4c(C)cccc4C)n3)OC[C@@H]1CC(C)C)C2.[HH]. The lowest BCUT2D eigenvalue weighted by Crippen LogP contribution is -2.60. The van der Waals surface area contributed by atoms with Crippen molar-refractivity contribution in [1.29, 1.82) is 0 Å². The van der Waals surface area contributed by atoms with Crippen molar-refractivity contribution in [1.82, 2.24) is 19.8 Å². The lowest BCUT2D eigenvalue weighted by molar-refractivity contribution is -0.0504. The fourth-order valence-corrected chi connectivity index (χ4v) is 8.46. The van der Waals surface area contributed by atoms with E-state index in [4.69, 9.17) is 9.47 Å². The summed E-state index contributed by atoms with van der Waals surface area (Å²) in [6.07, 6.45) is 3.67. The molecule has 252 valence electrons. The van der Waals surface area contributed by atoms with Crippen LogP contribution in [0.2, 0.25) is 0 Å². The summed E-state index contributed by atoms with van der Waals surface area (Å²) in [7, 11) is -2.74. The van der Waals surface area contributed by atoms with Crippen LogP contribution >= 0.6 is 0 Å². The summed E-state index contributed by atoms with van der Waals surface area (Å²) < 4.78 is 41.2. The number of benzene rings is 2. The molecule has 2 aliphatic heterocycles. The number of hydrogen-bond donors (Lipinski definition) is 1. The first-order valence-corrected chi connectivity index (χ1v) is 17.7. The van der Waals surface area contributed by atoms with E-state index in [-0.39, 0.29) is 60.2 Å². The summed E-state index contributed by atoms with van der Waals surface area (Å²) in [5.74, 6) is 0.151. The van der Waals surface area contributed by atoms with Gasteiger partial charge in [0, 0.05) is 37.8 Å². The van der Waals surface area contributed by atoms with E-state index in [1.165, 1.54) is 19.2 Å². The Labute approximate surface area is 278 Å². The zero-order valence-corrected chi connectivity index (χ0v) is 28.5. The maximum absolute atomic E-state index is 14.5. The predicted molar refractivity (Wildman–Crippen MR) is 180 cm³/mol. The molecule has 2 amide bonds. The van der Waals surface area contributed by atoms with Gasteiger partial charge in [0.05, 0.1) is 23.7 Å². The maximum atomic E-state index is 14.5. The number of ether oxygens (including phenoxy) is 2. The molecule has 3 aromatic rings. The Hall–Kier alpha value is -4.19. The Balaban J connectivity index is 0.00000451. The molecule has 3 heterocycles. The van der Waals surface area contributed by atoms with Crippen LogP contribution in [0, 0.1) is 25.2 Å². The average molecular weight is 664 g/mol. The molecule has 47 heavy (non-hydrogen) atoms. The Morgan fingerprint density at radius 1 is 1.09 bits per heavy atom. The molecule has 6 rings (SSSR count). The van der Waals surface area contributed by atoms with E-state index < -0.39 is 10.0 Å². The predicted octanol–water partition coefficient (Wildman–Crippen LogP) is 6.07. The summed E-state index contributed by atoms with van der Waals surface area (Å²) in [4.78, 5) is 39.3. The van der Waals surface area contributed by atoms with E-state index in [2.05, 4.69) is 28.5 Å². The summed E-state index contributed by atoms with van der Waals surface area (Å²) in [6, 6.07) is 13.5. The molecular weight excluding hydrogens is 618 g/mol. The highest BCUT2D eigenvalue weighted by atomic mass is 32.2. The molecule has 1 saturated heterocycles. The molecular formula is C35H45N5O6S. The molecule has 1 aromatic heterocycles. The Bertz CT molecular complexity index is 1770. The minimum atomic E-state index is -4.14. The van der Waals surface area contributed by atoms with Crippen LogP contribution in [-0.2, 0) is 14.8 Å². The average Bonchev–Trinajstić information content (AvgIpc) is 3.02. The third-order valence-corrected chi connectivity index (χ3v) is 11.2. The fraction of sp³-hybridized carbons (Fsp3) is 0.486. The molecule has 2 aromatic carbocycles. The number of aryl methyl sites for hydroxylation is 2. The van der Waals surface area contributed by atoms with E-state index in [0.717, 1.165) is 42.4 Å². The molecule has 11 nitrogen and oxygen atoms in total. The van der Waals surface area contributed by atoms with Gasteiger partial charge in [-0.05, 0) is 86.6 Å². The van der Waals surface area contributed by atoms with Crippen molar-refractivity contribution < 1.29 is 28.9 Å². The molecule has 1 saturated carbocycles. The monoisotopic (exact) mass is 663 g/mol. The van der Waals surface area contributed by atoms with Gasteiger partial charge in [-0.25, -0.2) is 22.9 Å². The number of nitrogens with one attached hydrogen (secondary N) is 1. The topological polar surface area (TPSA) is 131 Å². The molecule has 1 N–H and O–H groups in total. The molecule has 1 spiro atoms. The maximum Gasteiger partial charge on any atom is 0.409 e. The quantitative estimate of drug-likeness (QED) is 0.356. The van der Waals surface area contributed by atoms with Crippen molar-refractivity contribution in [2.24, 2.45) is 11.3 Å². The van der Waals surface area contributed by atoms with Crippen molar-refractivity contribution in [3.8, 4) is 17.1 Å². The normalized spacial score (nSPS) is 20.7. The van der Waals surface area contributed by atoms with Crippen LogP contribution < -0.4 is 9.46 Å². The minimum absolute atomic E-state index is 0. The number of fused-ring (bicyclic) bond motifs is 4. The van der Waals surface area contributed by atoms with Gasteiger partial charge in [0.15, 0.2) is 0 Å². The van der Waals surface area contributed by atoms with E-state index in [0.29, 0.717) is 30.8 Å². The van der Waals surface area contributed by atoms with Gasteiger partial charge in [-0.1, -0.05) is 38.1 Å². The highest BCUT2D eigenvalue weighted by Crippen LogP contribution is 2.52.